The Kier molecular flexibility index (Phi) is 4.99. The second kappa shape index (κ2) is 7.23. The first-order valence-electron chi connectivity index (χ1n) is 8.64. The number of carbonyl (C=O) groups excluding carboxylic acids is 2. The first-order chi connectivity index (χ1) is 12.8. The van der Waals surface area contributed by atoms with Crippen molar-refractivity contribution in [3.05, 3.63) is 71.2 Å². The predicted molar refractivity (Wildman–Crippen MR) is 98.9 cm³/mol. The van der Waals surface area contributed by atoms with Gasteiger partial charge in [0.25, 0.3) is 5.91 Å². The van der Waals surface area contributed by atoms with Crippen LogP contribution in [0.5, 0.6) is 5.75 Å². The quantitative estimate of drug-likeness (QED) is 0.834. The third kappa shape index (κ3) is 3.56. The van der Waals surface area contributed by atoms with E-state index in [1.807, 2.05) is 13.8 Å². The van der Waals surface area contributed by atoms with Crippen LogP contribution in [0, 0.1) is 11.7 Å². The number of hydrogen-bond donors (Lipinski definition) is 2. The van der Waals surface area contributed by atoms with Gasteiger partial charge in [-0.3, -0.25) is 14.5 Å². The molecule has 2 aromatic rings. The lowest BCUT2D eigenvalue weighted by Crippen LogP contribution is -2.31. The fourth-order valence-electron chi connectivity index (χ4n) is 3.21. The minimum absolute atomic E-state index is 0.0173. The van der Waals surface area contributed by atoms with Crippen LogP contribution >= 0.6 is 0 Å². The van der Waals surface area contributed by atoms with Gasteiger partial charge in [-0.15, -0.1) is 0 Å². The molecule has 0 spiro atoms. The zero-order chi connectivity index (χ0) is 19.7. The molecule has 1 unspecified atom stereocenters. The first-order valence-corrected chi connectivity index (χ1v) is 8.64. The smallest absolute Gasteiger partial charge is 0.294 e. The van der Waals surface area contributed by atoms with Gasteiger partial charge in [-0.25, -0.2) is 4.39 Å². The number of aromatic hydroxyl groups is 1. The molecule has 140 valence electrons. The van der Waals surface area contributed by atoms with Crippen molar-refractivity contribution < 1.29 is 24.2 Å². The molecule has 1 amide bonds. The van der Waals surface area contributed by atoms with Crippen molar-refractivity contribution in [1.82, 2.24) is 0 Å². The lowest BCUT2D eigenvalue weighted by Gasteiger charge is -2.27. The number of benzene rings is 2. The molecule has 0 aliphatic carbocycles. The first kappa shape index (κ1) is 18.6. The number of carbonyl (C=O) groups is 2. The number of hydrogen-bond acceptors (Lipinski definition) is 4. The van der Waals surface area contributed by atoms with Crippen LogP contribution < -0.4 is 4.90 Å². The molecular formula is C21H20FNO4. The molecule has 27 heavy (non-hydrogen) atoms. The maximum atomic E-state index is 13.3. The van der Waals surface area contributed by atoms with Gasteiger partial charge < -0.3 is 10.2 Å². The number of amides is 1. The van der Waals surface area contributed by atoms with E-state index in [1.54, 1.807) is 12.1 Å². The van der Waals surface area contributed by atoms with E-state index in [1.165, 1.54) is 41.3 Å². The van der Waals surface area contributed by atoms with E-state index in [9.17, 15) is 24.2 Å². The van der Waals surface area contributed by atoms with Crippen molar-refractivity contribution in [2.45, 2.75) is 26.3 Å². The van der Waals surface area contributed by atoms with Crippen LogP contribution in [0.15, 0.2) is 59.9 Å². The van der Waals surface area contributed by atoms with E-state index >= 15 is 0 Å². The van der Waals surface area contributed by atoms with Crippen LogP contribution in [0.2, 0.25) is 0 Å². The van der Waals surface area contributed by atoms with Crippen molar-refractivity contribution in [3.63, 3.8) is 0 Å². The highest BCUT2D eigenvalue weighted by Crippen LogP contribution is 2.41. The highest BCUT2D eigenvalue weighted by molar-refractivity contribution is 6.16. The third-order valence-electron chi connectivity index (χ3n) is 4.42. The molecular weight excluding hydrogens is 349 g/mol. The number of aliphatic hydroxyl groups excluding tert-OH is 1. The highest BCUT2D eigenvalue weighted by atomic mass is 19.1. The Morgan fingerprint density at radius 3 is 2.22 bits per heavy atom. The van der Waals surface area contributed by atoms with Crippen LogP contribution in [-0.2, 0) is 9.59 Å². The summed E-state index contributed by atoms with van der Waals surface area (Å²) in [6, 6.07) is 10.5. The van der Waals surface area contributed by atoms with Gasteiger partial charge in [0.15, 0.2) is 11.5 Å². The average Bonchev–Trinajstić information content (AvgIpc) is 2.87. The number of aliphatic hydroxyl groups is 1. The van der Waals surface area contributed by atoms with Crippen LogP contribution in [0.4, 0.5) is 10.1 Å². The topological polar surface area (TPSA) is 77.8 Å². The number of nitrogens with zero attached hydrogens (tertiary/aromatic N) is 1. The molecule has 0 saturated carbocycles. The maximum Gasteiger partial charge on any atom is 0.294 e. The lowest BCUT2D eigenvalue weighted by atomic mass is 9.92. The number of Topliss-reactive ketones (excluding diaryl/α,β-unsaturated/α-hetero) is 1. The van der Waals surface area contributed by atoms with E-state index in [0.717, 1.165) is 0 Å². The second-order valence-corrected chi connectivity index (χ2v) is 6.93. The van der Waals surface area contributed by atoms with Gasteiger partial charge in [-0.1, -0.05) is 26.0 Å². The zero-order valence-electron chi connectivity index (χ0n) is 15.0. The van der Waals surface area contributed by atoms with Crippen LogP contribution in [0.1, 0.15) is 31.9 Å². The molecule has 1 atom stereocenters. The fourth-order valence-corrected chi connectivity index (χ4v) is 3.21. The normalized spacial score (nSPS) is 17.1. The largest absolute Gasteiger partial charge is 0.508 e. The van der Waals surface area contributed by atoms with E-state index in [4.69, 9.17) is 0 Å². The summed E-state index contributed by atoms with van der Waals surface area (Å²) in [5, 5.41) is 20.0. The van der Waals surface area contributed by atoms with Gasteiger partial charge >= 0.3 is 0 Å². The Labute approximate surface area is 156 Å². The minimum atomic E-state index is -0.852. The highest BCUT2D eigenvalue weighted by Gasteiger charge is 2.44. The monoisotopic (exact) mass is 369 g/mol. The van der Waals surface area contributed by atoms with Crippen LogP contribution in [0.25, 0.3) is 0 Å². The maximum absolute atomic E-state index is 13.3. The lowest BCUT2D eigenvalue weighted by molar-refractivity contribution is -0.118. The van der Waals surface area contributed by atoms with Gasteiger partial charge in [0.2, 0.25) is 0 Å². The molecule has 0 radical (unpaired) electrons. The number of phenols is 1. The Hall–Kier alpha value is -3.15. The average molecular weight is 369 g/mol. The van der Waals surface area contributed by atoms with Crippen molar-refractivity contribution in [3.8, 4) is 5.75 Å². The summed E-state index contributed by atoms with van der Waals surface area (Å²) in [4.78, 5) is 26.8. The molecule has 0 saturated heterocycles. The van der Waals surface area contributed by atoms with Crippen molar-refractivity contribution in [2.75, 3.05) is 4.90 Å². The molecule has 0 fully saturated rings. The Morgan fingerprint density at radius 1 is 1.07 bits per heavy atom. The molecule has 0 aromatic heterocycles. The van der Waals surface area contributed by atoms with Crippen molar-refractivity contribution >= 4 is 17.4 Å². The summed E-state index contributed by atoms with van der Waals surface area (Å²) in [7, 11) is 0. The zero-order valence-corrected chi connectivity index (χ0v) is 15.0. The molecule has 5 nitrogen and oxygen atoms in total. The Bertz CT molecular complexity index is 901. The molecule has 2 aromatic carbocycles. The Balaban J connectivity index is 2.13. The fraction of sp³-hybridized carbons (Fsp3) is 0.238. The number of ketones is 1. The molecule has 0 bridgehead atoms. The third-order valence-corrected chi connectivity index (χ3v) is 4.42. The summed E-state index contributed by atoms with van der Waals surface area (Å²) in [5.74, 6) is -2.00. The number of halogens is 1. The summed E-state index contributed by atoms with van der Waals surface area (Å²) in [6.45, 7) is 3.75. The number of anilines is 1. The standard InChI is InChI=1S/C21H20FNO4/c1-12(2)11-17(25)18-19(13-3-9-16(24)10-4-13)23(21(27)20(18)26)15-7-5-14(22)6-8-15/h3-10,12,19,24,26H,11H2,1-2H3. The molecule has 2 N–H and O–H groups in total. The van der Waals surface area contributed by atoms with Crippen LogP contribution in [0.3, 0.4) is 0 Å². The van der Waals surface area contributed by atoms with Gasteiger partial charge in [-0.2, -0.15) is 0 Å². The van der Waals surface area contributed by atoms with Crippen molar-refractivity contribution in [2.24, 2.45) is 5.92 Å². The predicted octanol–water partition coefficient (Wildman–Crippen LogP) is 4.05. The summed E-state index contributed by atoms with van der Waals surface area (Å²) in [6.07, 6.45) is 0.179. The summed E-state index contributed by atoms with van der Waals surface area (Å²) in [5.41, 5.74) is 0.934. The number of phenolic OH excluding ortho intramolecular Hbond substituents is 1. The van der Waals surface area contributed by atoms with Gasteiger partial charge in [-0.05, 0) is 47.9 Å². The van der Waals surface area contributed by atoms with Gasteiger partial charge in [0.05, 0.1) is 11.6 Å². The number of rotatable bonds is 5. The van der Waals surface area contributed by atoms with E-state index in [0.29, 0.717) is 11.3 Å². The van der Waals surface area contributed by atoms with Gasteiger partial charge in [0.1, 0.15) is 11.6 Å². The molecule has 1 heterocycles. The van der Waals surface area contributed by atoms with E-state index in [-0.39, 0.29) is 29.4 Å². The summed E-state index contributed by atoms with van der Waals surface area (Å²) >= 11 is 0. The SMILES string of the molecule is CC(C)CC(=O)C1=C(O)C(=O)N(c2ccc(F)cc2)C1c1ccc(O)cc1. The molecule has 1 aliphatic rings. The second-order valence-electron chi connectivity index (χ2n) is 6.93. The van der Waals surface area contributed by atoms with Crippen molar-refractivity contribution in [1.29, 1.82) is 0 Å². The molecule has 6 heteroatoms. The van der Waals surface area contributed by atoms with Gasteiger partial charge in [0, 0.05) is 12.1 Å². The van der Waals surface area contributed by atoms with Crippen LogP contribution in [-0.4, -0.2) is 21.9 Å². The Morgan fingerprint density at radius 2 is 1.67 bits per heavy atom. The molecule has 1 aliphatic heterocycles. The summed E-state index contributed by atoms with van der Waals surface area (Å²) < 4.78 is 13.3. The molecule has 3 rings (SSSR count). The van der Waals surface area contributed by atoms with E-state index in [2.05, 4.69) is 0 Å². The minimum Gasteiger partial charge on any atom is -0.508 e. The van der Waals surface area contributed by atoms with E-state index < -0.39 is 23.5 Å².